The molecule has 1 aliphatic rings. The Morgan fingerprint density at radius 1 is 1.38 bits per heavy atom. The standard InChI is InChI=1S/C11H19NO3S/c1-2-7-16-8-9(13)12-11(10(14)15)5-3-4-6-11/h2-8H2,1H3,(H,12,13)(H,14,15). The van der Waals surface area contributed by atoms with Gasteiger partial charge in [0.2, 0.25) is 5.91 Å². The zero-order chi connectivity index (χ0) is 12.0. The summed E-state index contributed by atoms with van der Waals surface area (Å²) in [5, 5.41) is 11.9. The van der Waals surface area contributed by atoms with E-state index < -0.39 is 11.5 Å². The van der Waals surface area contributed by atoms with Crippen molar-refractivity contribution in [2.75, 3.05) is 11.5 Å². The van der Waals surface area contributed by atoms with Crippen LogP contribution in [0.1, 0.15) is 39.0 Å². The molecule has 92 valence electrons. The van der Waals surface area contributed by atoms with Gasteiger partial charge in [0.05, 0.1) is 5.75 Å². The summed E-state index contributed by atoms with van der Waals surface area (Å²) in [5.74, 6) is 0.262. The first-order valence-corrected chi connectivity index (χ1v) is 6.88. The van der Waals surface area contributed by atoms with E-state index in [1.54, 1.807) is 11.8 Å². The SMILES string of the molecule is CCCSCC(=O)NC1(C(=O)O)CCCC1. The fraction of sp³-hybridized carbons (Fsp3) is 0.818. The van der Waals surface area contributed by atoms with E-state index in [0.717, 1.165) is 25.0 Å². The summed E-state index contributed by atoms with van der Waals surface area (Å²) >= 11 is 1.55. The van der Waals surface area contributed by atoms with E-state index >= 15 is 0 Å². The molecule has 1 fully saturated rings. The van der Waals surface area contributed by atoms with Gasteiger partial charge in [-0.25, -0.2) is 4.79 Å². The number of hydrogen-bond acceptors (Lipinski definition) is 3. The predicted octanol–water partition coefficient (Wildman–Crippen LogP) is 1.64. The number of nitrogens with one attached hydrogen (secondary N) is 1. The van der Waals surface area contributed by atoms with Gasteiger partial charge >= 0.3 is 5.97 Å². The van der Waals surface area contributed by atoms with Gasteiger partial charge in [-0.3, -0.25) is 4.79 Å². The second-order valence-electron chi connectivity index (χ2n) is 4.20. The number of aliphatic carboxylic acids is 1. The molecule has 1 aliphatic carbocycles. The van der Waals surface area contributed by atoms with Crippen LogP contribution in [0.3, 0.4) is 0 Å². The van der Waals surface area contributed by atoms with E-state index in [4.69, 9.17) is 5.11 Å². The van der Waals surface area contributed by atoms with Crippen molar-refractivity contribution in [1.82, 2.24) is 5.32 Å². The third-order valence-corrected chi connectivity index (χ3v) is 3.99. The first-order valence-electron chi connectivity index (χ1n) is 5.73. The average molecular weight is 245 g/mol. The zero-order valence-corrected chi connectivity index (χ0v) is 10.4. The molecule has 0 aromatic rings. The molecule has 16 heavy (non-hydrogen) atoms. The van der Waals surface area contributed by atoms with Crippen LogP contribution in [0.2, 0.25) is 0 Å². The largest absolute Gasteiger partial charge is 0.480 e. The van der Waals surface area contributed by atoms with Crippen LogP contribution < -0.4 is 5.32 Å². The lowest BCUT2D eigenvalue weighted by Gasteiger charge is -2.25. The van der Waals surface area contributed by atoms with E-state index in [0.29, 0.717) is 18.6 Å². The number of amides is 1. The van der Waals surface area contributed by atoms with Gasteiger partial charge in [-0.15, -0.1) is 0 Å². The molecule has 5 heteroatoms. The molecule has 2 N–H and O–H groups in total. The number of carboxylic acid groups (broad SMARTS) is 1. The van der Waals surface area contributed by atoms with Gasteiger partial charge in [-0.1, -0.05) is 19.8 Å². The molecular weight excluding hydrogens is 226 g/mol. The Balaban J connectivity index is 2.43. The molecule has 0 radical (unpaired) electrons. The van der Waals surface area contributed by atoms with Crippen LogP contribution in [0.5, 0.6) is 0 Å². The summed E-state index contributed by atoms with van der Waals surface area (Å²) < 4.78 is 0. The van der Waals surface area contributed by atoms with Crippen molar-refractivity contribution in [2.24, 2.45) is 0 Å². The van der Waals surface area contributed by atoms with E-state index in [1.165, 1.54) is 0 Å². The van der Waals surface area contributed by atoms with Gasteiger partial charge in [-0.05, 0) is 25.0 Å². The van der Waals surface area contributed by atoms with Crippen LogP contribution in [0.25, 0.3) is 0 Å². The van der Waals surface area contributed by atoms with Gasteiger partial charge in [0.25, 0.3) is 0 Å². The van der Waals surface area contributed by atoms with Crippen LogP contribution in [-0.4, -0.2) is 34.0 Å². The molecule has 0 aromatic carbocycles. The lowest BCUT2D eigenvalue weighted by atomic mass is 9.98. The van der Waals surface area contributed by atoms with Gasteiger partial charge in [0.15, 0.2) is 0 Å². The molecule has 0 heterocycles. The van der Waals surface area contributed by atoms with Crippen LogP contribution in [0.4, 0.5) is 0 Å². The van der Waals surface area contributed by atoms with Gasteiger partial charge < -0.3 is 10.4 Å². The second kappa shape index (κ2) is 6.13. The Labute approximate surface area is 100 Å². The molecule has 4 nitrogen and oxygen atoms in total. The molecule has 1 saturated carbocycles. The Kier molecular flexibility index (Phi) is 5.12. The third-order valence-electron chi connectivity index (χ3n) is 2.83. The number of rotatable bonds is 6. The van der Waals surface area contributed by atoms with E-state index in [2.05, 4.69) is 12.2 Å². The van der Waals surface area contributed by atoms with Crippen LogP contribution >= 0.6 is 11.8 Å². The quantitative estimate of drug-likeness (QED) is 0.698. The van der Waals surface area contributed by atoms with E-state index in [9.17, 15) is 9.59 Å². The maximum absolute atomic E-state index is 11.6. The number of carbonyl (C=O) groups excluding carboxylic acids is 1. The van der Waals surface area contributed by atoms with Crippen LogP contribution in [0, 0.1) is 0 Å². The first kappa shape index (κ1) is 13.4. The van der Waals surface area contributed by atoms with E-state index in [-0.39, 0.29) is 5.91 Å². The minimum atomic E-state index is -0.982. The van der Waals surface area contributed by atoms with Gasteiger partial charge in [-0.2, -0.15) is 11.8 Å². The second-order valence-corrected chi connectivity index (χ2v) is 5.30. The highest BCUT2D eigenvalue weighted by atomic mass is 32.2. The number of thioether (sulfide) groups is 1. The molecule has 0 unspecified atom stereocenters. The molecule has 0 bridgehead atoms. The highest BCUT2D eigenvalue weighted by Gasteiger charge is 2.42. The van der Waals surface area contributed by atoms with Crippen molar-refractivity contribution < 1.29 is 14.7 Å². The van der Waals surface area contributed by atoms with Crippen molar-refractivity contribution in [1.29, 1.82) is 0 Å². The minimum Gasteiger partial charge on any atom is -0.480 e. The monoisotopic (exact) mass is 245 g/mol. The molecule has 0 aliphatic heterocycles. The molecule has 1 amide bonds. The third kappa shape index (κ3) is 3.40. The molecule has 0 saturated heterocycles. The van der Waals surface area contributed by atoms with Crippen LogP contribution in [0.15, 0.2) is 0 Å². The normalized spacial score (nSPS) is 18.3. The molecular formula is C11H19NO3S. The average Bonchev–Trinajstić information content (AvgIpc) is 2.68. The van der Waals surface area contributed by atoms with Crippen LogP contribution in [-0.2, 0) is 9.59 Å². The fourth-order valence-corrected chi connectivity index (χ4v) is 2.67. The summed E-state index contributed by atoms with van der Waals surface area (Å²) in [7, 11) is 0. The Morgan fingerprint density at radius 2 is 2.00 bits per heavy atom. The van der Waals surface area contributed by atoms with Crippen molar-refractivity contribution in [2.45, 2.75) is 44.6 Å². The minimum absolute atomic E-state index is 0.150. The topological polar surface area (TPSA) is 66.4 Å². The van der Waals surface area contributed by atoms with E-state index in [1.807, 2.05) is 0 Å². The summed E-state index contributed by atoms with van der Waals surface area (Å²) in [5.41, 5.74) is -0.982. The van der Waals surface area contributed by atoms with Crippen molar-refractivity contribution >= 4 is 23.6 Å². The lowest BCUT2D eigenvalue weighted by molar-refractivity contribution is -0.147. The van der Waals surface area contributed by atoms with Gasteiger partial charge in [0.1, 0.15) is 5.54 Å². The number of hydrogen-bond donors (Lipinski definition) is 2. The number of carbonyl (C=O) groups is 2. The number of carboxylic acids is 1. The summed E-state index contributed by atoms with van der Waals surface area (Å²) in [6.07, 6.45) is 3.92. The smallest absolute Gasteiger partial charge is 0.329 e. The highest BCUT2D eigenvalue weighted by molar-refractivity contribution is 7.99. The highest BCUT2D eigenvalue weighted by Crippen LogP contribution is 2.29. The first-order chi connectivity index (χ1) is 7.60. The van der Waals surface area contributed by atoms with Crippen molar-refractivity contribution in [3.8, 4) is 0 Å². The summed E-state index contributed by atoms with van der Waals surface area (Å²) in [6.45, 7) is 2.06. The van der Waals surface area contributed by atoms with Crippen molar-refractivity contribution in [3.63, 3.8) is 0 Å². The molecule has 1 rings (SSSR count). The summed E-state index contributed by atoms with van der Waals surface area (Å²) in [4.78, 5) is 22.8. The van der Waals surface area contributed by atoms with Gasteiger partial charge in [0, 0.05) is 0 Å². The Morgan fingerprint density at radius 3 is 2.50 bits per heavy atom. The zero-order valence-electron chi connectivity index (χ0n) is 9.62. The lowest BCUT2D eigenvalue weighted by Crippen LogP contribution is -2.53. The fourth-order valence-electron chi connectivity index (χ4n) is 1.98. The Bertz CT molecular complexity index is 262. The predicted molar refractivity (Wildman–Crippen MR) is 64.6 cm³/mol. The maximum atomic E-state index is 11.6. The maximum Gasteiger partial charge on any atom is 0.329 e. The van der Waals surface area contributed by atoms with Crippen molar-refractivity contribution in [3.05, 3.63) is 0 Å². The molecule has 0 atom stereocenters. The molecule has 0 spiro atoms. The summed E-state index contributed by atoms with van der Waals surface area (Å²) in [6, 6.07) is 0. The molecule has 0 aromatic heterocycles. The Hall–Kier alpha value is -0.710.